The van der Waals surface area contributed by atoms with Crippen molar-refractivity contribution in [1.29, 1.82) is 0 Å². The van der Waals surface area contributed by atoms with E-state index in [1.807, 2.05) is 13.8 Å². The monoisotopic (exact) mass is 245 g/mol. The van der Waals surface area contributed by atoms with E-state index in [1.54, 1.807) is 0 Å². The van der Waals surface area contributed by atoms with Crippen LogP contribution in [0.2, 0.25) is 0 Å². The molecule has 0 aliphatic carbocycles. The highest BCUT2D eigenvalue weighted by molar-refractivity contribution is 8.01. The van der Waals surface area contributed by atoms with Gasteiger partial charge in [0, 0.05) is 6.54 Å². The van der Waals surface area contributed by atoms with Crippen LogP contribution in [0, 0.1) is 5.92 Å². The Morgan fingerprint density at radius 3 is 2.75 bits per heavy atom. The number of thioether (sulfide) groups is 1. The third-order valence-corrected chi connectivity index (χ3v) is 4.46. The Balaban J connectivity index is 2.61. The highest BCUT2D eigenvalue weighted by atomic mass is 32.2. The minimum Gasteiger partial charge on any atom is -0.480 e. The number of carboxylic acid groups (broad SMARTS) is 1. The second-order valence-corrected chi connectivity index (χ2v) is 5.76. The standard InChI is InChI=1S/C11H19NO3S/c1-7(2)9(11(14)15)16-8-5-3-4-6-12-10(8)13/h7-9H,3-6H2,1-2H3,(H,12,13)(H,14,15). The number of carboxylic acids is 1. The van der Waals surface area contributed by atoms with E-state index in [-0.39, 0.29) is 17.1 Å². The molecule has 1 fully saturated rings. The van der Waals surface area contributed by atoms with Gasteiger partial charge >= 0.3 is 5.97 Å². The Labute approximate surface area is 100 Å². The molecule has 1 heterocycles. The molecule has 0 radical (unpaired) electrons. The van der Waals surface area contributed by atoms with Crippen LogP contribution in [0.4, 0.5) is 0 Å². The molecule has 1 rings (SSSR count). The van der Waals surface area contributed by atoms with Gasteiger partial charge in [0.2, 0.25) is 5.91 Å². The van der Waals surface area contributed by atoms with Gasteiger partial charge in [0.25, 0.3) is 0 Å². The minimum absolute atomic E-state index is 0.00519. The van der Waals surface area contributed by atoms with Crippen LogP contribution in [0.25, 0.3) is 0 Å². The first-order chi connectivity index (χ1) is 7.52. The van der Waals surface area contributed by atoms with Crippen molar-refractivity contribution >= 4 is 23.6 Å². The Morgan fingerprint density at radius 2 is 2.19 bits per heavy atom. The van der Waals surface area contributed by atoms with Crippen LogP contribution >= 0.6 is 11.8 Å². The van der Waals surface area contributed by atoms with Crippen LogP contribution in [0.3, 0.4) is 0 Å². The van der Waals surface area contributed by atoms with Crippen LogP contribution in [-0.2, 0) is 9.59 Å². The van der Waals surface area contributed by atoms with Crippen LogP contribution in [0.1, 0.15) is 33.1 Å². The number of carbonyl (C=O) groups excluding carboxylic acids is 1. The molecule has 2 atom stereocenters. The fourth-order valence-corrected chi connectivity index (χ4v) is 3.01. The zero-order chi connectivity index (χ0) is 12.1. The van der Waals surface area contributed by atoms with E-state index in [2.05, 4.69) is 5.32 Å². The minimum atomic E-state index is -0.822. The molecular weight excluding hydrogens is 226 g/mol. The summed E-state index contributed by atoms with van der Waals surface area (Å²) in [7, 11) is 0. The van der Waals surface area contributed by atoms with Crippen molar-refractivity contribution in [2.75, 3.05) is 6.54 Å². The first-order valence-electron chi connectivity index (χ1n) is 5.68. The van der Waals surface area contributed by atoms with Gasteiger partial charge in [-0.3, -0.25) is 9.59 Å². The molecule has 2 unspecified atom stereocenters. The number of carbonyl (C=O) groups is 2. The molecule has 4 nitrogen and oxygen atoms in total. The number of aliphatic carboxylic acids is 1. The molecule has 2 N–H and O–H groups in total. The van der Waals surface area contributed by atoms with Gasteiger partial charge in [0.15, 0.2) is 0 Å². The second-order valence-electron chi connectivity index (χ2n) is 4.41. The lowest BCUT2D eigenvalue weighted by Crippen LogP contribution is -2.34. The molecular formula is C11H19NO3S. The number of nitrogens with one attached hydrogen (secondary N) is 1. The summed E-state index contributed by atoms with van der Waals surface area (Å²) in [6.45, 7) is 4.47. The Hall–Kier alpha value is -0.710. The summed E-state index contributed by atoms with van der Waals surface area (Å²) in [5, 5.41) is 11.2. The van der Waals surface area contributed by atoms with Gasteiger partial charge in [-0.05, 0) is 18.8 Å². The molecule has 1 saturated heterocycles. The quantitative estimate of drug-likeness (QED) is 0.787. The molecule has 1 aliphatic heterocycles. The van der Waals surface area contributed by atoms with Gasteiger partial charge in [-0.15, -0.1) is 11.8 Å². The van der Waals surface area contributed by atoms with E-state index in [0.717, 1.165) is 25.8 Å². The summed E-state index contributed by atoms with van der Waals surface area (Å²) in [4.78, 5) is 22.7. The topological polar surface area (TPSA) is 66.4 Å². The van der Waals surface area contributed by atoms with E-state index in [0.29, 0.717) is 0 Å². The third-order valence-electron chi connectivity index (χ3n) is 2.64. The van der Waals surface area contributed by atoms with Gasteiger partial charge in [-0.25, -0.2) is 0 Å². The highest BCUT2D eigenvalue weighted by Crippen LogP contribution is 2.28. The van der Waals surface area contributed by atoms with E-state index < -0.39 is 11.2 Å². The molecule has 1 amide bonds. The maximum absolute atomic E-state index is 11.7. The molecule has 0 bridgehead atoms. The fraction of sp³-hybridized carbons (Fsp3) is 0.818. The smallest absolute Gasteiger partial charge is 0.316 e. The van der Waals surface area contributed by atoms with Crippen molar-refractivity contribution in [3.05, 3.63) is 0 Å². The van der Waals surface area contributed by atoms with Crippen molar-refractivity contribution in [2.24, 2.45) is 5.92 Å². The van der Waals surface area contributed by atoms with Gasteiger partial charge < -0.3 is 10.4 Å². The number of rotatable bonds is 4. The number of hydrogen-bond acceptors (Lipinski definition) is 3. The Kier molecular flexibility index (Phi) is 5.12. The normalized spacial score (nSPS) is 23.7. The van der Waals surface area contributed by atoms with Crippen molar-refractivity contribution < 1.29 is 14.7 Å². The summed E-state index contributed by atoms with van der Waals surface area (Å²) in [5.41, 5.74) is 0. The van der Waals surface area contributed by atoms with Crippen molar-refractivity contribution in [3.63, 3.8) is 0 Å². The van der Waals surface area contributed by atoms with Crippen molar-refractivity contribution in [2.45, 2.75) is 43.6 Å². The summed E-state index contributed by atoms with van der Waals surface area (Å²) in [6, 6.07) is 0. The number of hydrogen-bond donors (Lipinski definition) is 2. The van der Waals surface area contributed by atoms with Gasteiger partial charge in [-0.2, -0.15) is 0 Å². The zero-order valence-electron chi connectivity index (χ0n) is 9.73. The fourth-order valence-electron chi connectivity index (χ4n) is 1.72. The van der Waals surface area contributed by atoms with Gasteiger partial charge in [0.1, 0.15) is 5.25 Å². The summed E-state index contributed by atoms with van der Waals surface area (Å²) < 4.78 is 0. The molecule has 0 spiro atoms. The Bertz CT molecular complexity index is 268. The Morgan fingerprint density at radius 1 is 1.50 bits per heavy atom. The van der Waals surface area contributed by atoms with E-state index in [1.165, 1.54) is 11.8 Å². The zero-order valence-corrected chi connectivity index (χ0v) is 10.5. The lowest BCUT2D eigenvalue weighted by atomic mass is 10.1. The van der Waals surface area contributed by atoms with Crippen LogP contribution < -0.4 is 5.32 Å². The van der Waals surface area contributed by atoms with Crippen molar-refractivity contribution in [3.8, 4) is 0 Å². The highest BCUT2D eigenvalue weighted by Gasteiger charge is 2.30. The molecule has 0 aromatic heterocycles. The van der Waals surface area contributed by atoms with Crippen LogP contribution in [-0.4, -0.2) is 34.0 Å². The molecule has 92 valence electrons. The molecule has 0 aromatic rings. The predicted octanol–water partition coefficient (Wildman–Crippen LogP) is 1.50. The lowest BCUT2D eigenvalue weighted by Gasteiger charge is -2.20. The first kappa shape index (κ1) is 13.4. The third kappa shape index (κ3) is 3.70. The van der Waals surface area contributed by atoms with E-state index in [9.17, 15) is 9.59 Å². The maximum atomic E-state index is 11.7. The molecule has 1 aliphatic rings. The van der Waals surface area contributed by atoms with Crippen LogP contribution in [0.15, 0.2) is 0 Å². The molecule has 0 saturated carbocycles. The average molecular weight is 245 g/mol. The van der Waals surface area contributed by atoms with Crippen molar-refractivity contribution in [1.82, 2.24) is 5.32 Å². The summed E-state index contributed by atoms with van der Waals surface area (Å²) in [5.74, 6) is -0.787. The summed E-state index contributed by atoms with van der Waals surface area (Å²) >= 11 is 1.29. The molecule has 5 heteroatoms. The maximum Gasteiger partial charge on any atom is 0.316 e. The van der Waals surface area contributed by atoms with E-state index >= 15 is 0 Å². The van der Waals surface area contributed by atoms with Crippen LogP contribution in [0.5, 0.6) is 0 Å². The second kappa shape index (κ2) is 6.13. The average Bonchev–Trinajstić information content (AvgIpc) is 2.39. The lowest BCUT2D eigenvalue weighted by molar-refractivity contribution is -0.137. The molecule has 16 heavy (non-hydrogen) atoms. The summed E-state index contributed by atoms with van der Waals surface area (Å²) in [6.07, 6.45) is 2.76. The SMILES string of the molecule is CC(C)C(SC1CCCCNC1=O)C(=O)O. The molecule has 0 aromatic carbocycles. The van der Waals surface area contributed by atoms with Gasteiger partial charge in [0.05, 0.1) is 5.25 Å². The largest absolute Gasteiger partial charge is 0.480 e. The predicted molar refractivity (Wildman–Crippen MR) is 64.5 cm³/mol. The number of amides is 1. The van der Waals surface area contributed by atoms with Gasteiger partial charge in [-0.1, -0.05) is 20.3 Å². The first-order valence-corrected chi connectivity index (χ1v) is 6.62. The van der Waals surface area contributed by atoms with E-state index in [4.69, 9.17) is 5.11 Å².